The van der Waals surface area contributed by atoms with Crippen LogP contribution in [0.5, 0.6) is 5.75 Å². The normalized spacial score (nSPS) is 14.6. The second-order valence-corrected chi connectivity index (χ2v) is 8.33. The van der Waals surface area contributed by atoms with Crippen LogP contribution < -0.4 is 10.1 Å². The molecule has 2 aromatic carbocycles. The fourth-order valence-electron chi connectivity index (χ4n) is 4.30. The van der Waals surface area contributed by atoms with Gasteiger partial charge in [-0.05, 0) is 74.7 Å². The van der Waals surface area contributed by atoms with Gasteiger partial charge in [0.2, 0.25) is 0 Å². The Kier molecular flexibility index (Phi) is 6.87. The number of aryl methyl sites for hydroxylation is 2. The highest BCUT2D eigenvalue weighted by Crippen LogP contribution is 2.21. The number of benzene rings is 2. The van der Waals surface area contributed by atoms with Crippen molar-refractivity contribution in [2.75, 3.05) is 26.7 Å². The molecule has 0 bridgehead atoms. The van der Waals surface area contributed by atoms with E-state index in [2.05, 4.69) is 33.4 Å². The van der Waals surface area contributed by atoms with Crippen LogP contribution in [0.15, 0.2) is 36.4 Å². The summed E-state index contributed by atoms with van der Waals surface area (Å²) >= 11 is 0. The zero-order chi connectivity index (χ0) is 21.6. The van der Waals surface area contributed by atoms with E-state index >= 15 is 0 Å². The number of piperidine rings is 1. The number of imidazole rings is 1. The van der Waals surface area contributed by atoms with Gasteiger partial charge in [-0.1, -0.05) is 18.6 Å². The molecule has 1 amide bonds. The minimum Gasteiger partial charge on any atom is -0.494 e. The number of hydrogen-bond donors (Lipinski definition) is 2. The van der Waals surface area contributed by atoms with Crippen LogP contribution in [0.3, 0.4) is 0 Å². The van der Waals surface area contributed by atoms with Crippen molar-refractivity contribution in [2.24, 2.45) is 0 Å². The highest BCUT2D eigenvalue weighted by molar-refractivity contribution is 5.99. The summed E-state index contributed by atoms with van der Waals surface area (Å²) < 4.78 is 6.01. The molecular formula is C25H32N4O2. The molecule has 2 heterocycles. The van der Waals surface area contributed by atoms with E-state index in [0.717, 1.165) is 47.6 Å². The van der Waals surface area contributed by atoms with Crippen molar-refractivity contribution < 1.29 is 9.53 Å². The van der Waals surface area contributed by atoms with Crippen molar-refractivity contribution in [1.82, 2.24) is 20.2 Å². The molecule has 0 spiro atoms. The first-order valence-electron chi connectivity index (χ1n) is 11.3. The fourth-order valence-corrected chi connectivity index (χ4v) is 4.30. The number of aromatic nitrogens is 2. The van der Waals surface area contributed by atoms with Gasteiger partial charge in [0.25, 0.3) is 5.91 Å². The van der Waals surface area contributed by atoms with Crippen LogP contribution in [0.4, 0.5) is 0 Å². The highest BCUT2D eigenvalue weighted by atomic mass is 16.5. The summed E-state index contributed by atoms with van der Waals surface area (Å²) in [6.45, 7) is 6.00. The molecule has 4 rings (SSSR count). The number of likely N-dealkylation sites (tertiary alicyclic amines) is 1. The lowest BCUT2D eigenvalue weighted by atomic mass is 10.1. The number of ether oxygens (including phenoxy) is 1. The maximum atomic E-state index is 12.0. The highest BCUT2D eigenvalue weighted by Gasteiger charge is 2.13. The summed E-state index contributed by atoms with van der Waals surface area (Å²) in [5.74, 6) is 1.78. The number of hydrogen-bond acceptors (Lipinski definition) is 4. The Morgan fingerprint density at radius 2 is 2.03 bits per heavy atom. The van der Waals surface area contributed by atoms with Crippen LogP contribution in [0.2, 0.25) is 0 Å². The smallest absolute Gasteiger partial charge is 0.251 e. The fraction of sp³-hybridized carbons (Fsp3) is 0.440. The molecule has 1 saturated heterocycles. The molecule has 1 aliphatic rings. The lowest BCUT2D eigenvalue weighted by molar-refractivity contribution is 0.0962. The third kappa shape index (κ3) is 5.25. The Bertz CT molecular complexity index is 1040. The Morgan fingerprint density at radius 1 is 1.19 bits per heavy atom. The van der Waals surface area contributed by atoms with E-state index < -0.39 is 0 Å². The van der Waals surface area contributed by atoms with Gasteiger partial charge in [0.15, 0.2) is 0 Å². The standard InChI is InChI=1S/C25H32N4O2/c1-18-21(25(30)26-2)11-12-22-24(18)28-23(27-22)10-7-15-31-20-9-6-8-19(16-20)17-29-13-4-3-5-14-29/h6,8-9,11-12,16H,3-5,7,10,13-15,17H2,1-2H3,(H,26,30)(H,27,28). The van der Waals surface area contributed by atoms with Crippen LogP contribution in [0.1, 0.15) is 53.0 Å². The van der Waals surface area contributed by atoms with Crippen LogP contribution in [-0.4, -0.2) is 47.5 Å². The summed E-state index contributed by atoms with van der Waals surface area (Å²) in [6, 6.07) is 12.2. The molecule has 0 saturated carbocycles. The summed E-state index contributed by atoms with van der Waals surface area (Å²) in [5, 5.41) is 2.68. The number of nitrogens with zero attached hydrogens (tertiary/aromatic N) is 2. The predicted molar refractivity (Wildman–Crippen MR) is 124 cm³/mol. The van der Waals surface area contributed by atoms with Gasteiger partial charge < -0.3 is 15.0 Å². The first kappa shape index (κ1) is 21.4. The number of nitrogens with one attached hydrogen (secondary N) is 2. The van der Waals surface area contributed by atoms with Gasteiger partial charge in [-0.15, -0.1) is 0 Å². The first-order valence-corrected chi connectivity index (χ1v) is 11.3. The summed E-state index contributed by atoms with van der Waals surface area (Å²) in [4.78, 5) is 22.6. The number of amides is 1. The van der Waals surface area contributed by atoms with E-state index in [1.807, 2.05) is 25.1 Å². The first-order chi connectivity index (χ1) is 15.1. The molecule has 0 aliphatic carbocycles. The Balaban J connectivity index is 1.30. The summed E-state index contributed by atoms with van der Waals surface area (Å²) in [7, 11) is 1.64. The van der Waals surface area contributed by atoms with Crippen LogP contribution in [-0.2, 0) is 13.0 Å². The second kappa shape index (κ2) is 9.96. The van der Waals surface area contributed by atoms with E-state index in [1.54, 1.807) is 7.05 Å². The van der Waals surface area contributed by atoms with Gasteiger partial charge in [-0.2, -0.15) is 0 Å². The Hall–Kier alpha value is -2.86. The minimum absolute atomic E-state index is 0.0835. The molecule has 2 N–H and O–H groups in total. The molecule has 1 aliphatic heterocycles. The maximum absolute atomic E-state index is 12.0. The van der Waals surface area contributed by atoms with Gasteiger partial charge in [-0.3, -0.25) is 9.69 Å². The number of aromatic amines is 1. The largest absolute Gasteiger partial charge is 0.494 e. The van der Waals surface area contributed by atoms with Gasteiger partial charge >= 0.3 is 0 Å². The van der Waals surface area contributed by atoms with Crippen molar-refractivity contribution >= 4 is 16.9 Å². The van der Waals surface area contributed by atoms with Crippen molar-refractivity contribution in [1.29, 1.82) is 0 Å². The second-order valence-electron chi connectivity index (χ2n) is 8.33. The molecule has 1 aromatic heterocycles. The van der Waals surface area contributed by atoms with Crippen molar-refractivity contribution in [3.63, 3.8) is 0 Å². The Labute approximate surface area is 184 Å². The average Bonchev–Trinajstić information content (AvgIpc) is 3.21. The maximum Gasteiger partial charge on any atom is 0.251 e. The van der Waals surface area contributed by atoms with Crippen molar-refractivity contribution in [2.45, 2.75) is 45.6 Å². The molecule has 0 radical (unpaired) electrons. The minimum atomic E-state index is -0.0835. The molecule has 164 valence electrons. The van der Waals surface area contributed by atoms with Crippen molar-refractivity contribution in [3.05, 3.63) is 58.9 Å². The summed E-state index contributed by atoms with van der Waals surface area (Å²) in [5.41, 5.74) is 4.72. The zero-order valence-corrected chi connectivity index (χ0v) is 18.5. The van der Waals surface area contributed by atoms with Gasteiger partial charge in [0, 0.05) is 25.6 Å². The lowest BCUT2D eigenvalue weighted by Crippen LogP contribution is -2.29. The quantitative estimate of drug-likeness (QED) is 0.535. The molecular weight excluding hydrogens is 388 g/mol. The van der Waals surface area contributed by atoms with Crippen molar-refractivity contribution in [3.8, 4) is 5.75 Å². The van der Waals surface area contributed by atoms with Gasteiger partial charge in [0.1, 0.15) is 11.6 Å². The van der Waals surface area contributed by atoms with Crippen LogP contribution in [0.25, 0.3) is 11.0 Å². The predicted octanol–water partition coefficient (Wildman–Crippen LogP) is 4.23. The molecule has 31 heavy (non-hydrogen) atoms. The molecule has 3 aromatic rings. The average molecular weight is 421 g/mol. The van der Waals surface area contributed by atoms with Crippen LogP contribution in [0, 0.1) is 6.92 Å². The van der Waals surface area contributed by atoms with Gasteiger partial charge in [-0.25, -0.2) is 4.98 Å². The number of rotatable bonds is 8. The van der Waals surface area contributed by atoms with E-state index in [-0.39, 0.29) is 5.91 Å². The number of H-pyrrole nitrogens is 1. The molecule has 6 heteroatoms. The number of fused-ring (bicyclic) bond motifs is 1. The van der Waals surface area contributed by atoms with Gasteiger partial charge in [0.05, 0.1) is 17.6 Å². The summed E-state index contributed by atoms with van der Waals surface area (Å²) in [6.07, 6.45) is 5.66. The number of carbonyl (C=O) groups is 1. The van der Waals surface area contributed by atoms with Crippen LogP contribution >= 0.6 is 0 Å². The monoisotopic (exact) mass is 420 g/mol. The van der Waals surface area contributed by atoms with E-state index in [4.69, 9.17) is 9.72 Å². The molecule has 0 atom stereocenters. The third-order valence-electron chi connectivity index (χ3n) is 6.01. The topological polar surface area (TPSA) is 70.2 Å². The van der Waals surface area contributed by atoms with E-state index in [9.17, 15) is 4.79 Å². The van der Waals surface area contributed by atoms with E-state index in [1.165, 1.54) is 37.9 Å². The number of carbonyl (C=O) groups excluding carboxylic acids is 1. The lowest BCUT2D eigenvalue weighted by Gasteiger charge is -2.26. The van der Waals surface area contributed by atoms with E-state index in [0.29, 0.717) is 12.2 Å². The Morgan fingerprint density at radius 3 is 2.84 bits per heavy atom. The SMILES string of the molecule is CNC(=O)c1ccc2[nH]c(CCCOc3cccc(CN4CCCCC4)c3)nc2c1C. The molecule has 1 fully saturated rings. The molecule has 0 unspecified atom stereocenters. The third-order valence-corrected chi connectivity index (χ3v) is 6.01. The molecule has 6 nitrogen and oxygen atoms in total. The zero-order valence-electron chi connectivity index (χ0n) is 18.5.